The molecule has 1 aromatic rings. The Bertz CT molecular complexity index is 523. The second kappa shape index (κ2) is 6.93. The van der Waals surface area contributed by atoms with Crippen molar-refractivity contribution in [2.45, 2.75) is 44.3 Å². The van der Waals surface area contributed by atoms with Crippen molar-refractivity contribution in [1.29, 1.82) is 0 Å². The van der Waals surface area contributed by atoms with Gasteiger partial charge in [-0.3, -0.25) is 14.2 Å². The number of nitrogens with zero attached hydrogens (tertiary/aromatic N) is 4. The number of carboxylic acid groups (broad SMARTS) is 1. The van der Waals surface area contributed by atoms with Crippen molar-refractivity contribution in [3.05, 3.63) is 5.82 Å². The second-order valence-electron chi connectivity index (χ2n) is 5.35. The van der Waals surface area contributed by atoms with Gasteiger partial charge >= 0.3 is 5.97 Å². The van der Waals surface area contributed by atoms with Gasteiger partial charge in [-0.2, -0.15) is 0 Å². The van der Waals surface area contributed by atoms with Crippen LogP contribution in [0.1, 0.15) is 38.4 Å². The zero-order valence-corrected chi connectivity index (χ0v) is 13.1. The lowest BCUT2D eigenvalue weighted by atomic mass is 10.2. The SMILES string of the molecule is CC(C)c1nnc(SCC(=O)O)n1CC(=O)N1CCCC1. The number of thioether (sulfide) groups is 1. The van der Waals surface area contributed by atoms with Crippen LogP contribution in [-0.4, -0.2) is 55.5 Å². The second-order valence-corrected chi connectivity index (χ2v) is 6.29. The van der Waals surface area contributed by atoms with Crippen LogP contribution in [0.4, 0.5) is 0 Å². The van der Waals surface area contributed by atoms with Crippen LogP contribution < -0.4 is 0 Å². The summed E-state index contributed by atoms with van der Waals surface area (Å²) in [5, 5.41) is 17.4. The number of aromatic nitrogens is 3. The van der Waals surface area contributed by atoms with Crippen LogP contribution in [0.3, 0.4) is 0 Å². The summed E-state index contributed by atoms with van der Waals surface area (Å²) in [4.78, 5) is 24.8. The number of carbonyl (C=O) groups excluding carboxylic acids is 1. The molecule has 1 saturated heterocycles. The average molecular weight is 312 g/mol. The fourth-order valence-electron chi connectivity index (χ4n) is 2.31. The van der Waals surface area contributed by atoms with Crippen molar-refractivity contribution in [3.8, 4) is 0 Å². The summed E-state index contributed by atoms with van der Waals surface area (Å²) in [6, 6.07) is 0. The molecule has 0 unspecified atom stereocenters. The Labute approximate surface area is 127 Å². The summed E-state index contributed by atoms with van der Waals surface area (Å²) in [6.07, 6.45) is 2.09. The lowest BCUT2D eigenvalue weighted by molar-refractivity contribution is -0.134. The van der Waals surface area contributed by atoms with Gasteiger partial charge in [-0.1, -0.05) is 25.6 Å². The van der Waals surface area contributed by atoms with Gasteiger partial charge in [0.05, 0.1) is 5.75 Å². The van der Waals surface area contributed by atoms with Crippen LogP contribution in [0, 0.1) is 0 Å². The van der Waals surface area contributed by atoms with Gasteiger partial charge in [-0.25, -0.2) is 0 Å². The van der Waals surface area contributed by atoms with E-state index < -0.39 is 5.97 Å². The monoisotopic (exact) mass is 312 g/mol. The van der Waals surface area contributed by atoms with E-state index in [1.165, 1.54) is 0 Å². The molecule has 1 amide bonds. The predicted octanol–water partition coefficient (Wildman–Crippen LogP) is 1.20. The number of carbonyl (C=O) groups is 2. The Morgan fingerprint density at radius 2 is 1.95 bits per heavy atom. The summed E-state index contributed by atoms with van der Waals surface area (Å²) in [5.41, 5.74) is 0. The van der Waals surface area contributed by atoms with E-state index in [1.54, 1.807) is 4.57 Å². The van der Waals surface area contributed by atoms with Gasteiger partial charge in [0.2, 0.25) is 5.91 Å². The summed E-state index contributed by atoms with van der Waals surface area (Å²) in [7, 11) is 0. The third-order valence-electron chi connectivity index (χ3n) is 3.34. The normalized spacial score (nSPS) is 14.9. The topological polar surface area (TPSA) is 88.3 Å². The maximum atomic E-state index is 12.3. The van der Waals surface area contributed by atoms with Crippen LogP contribution in [0.15, 0.2) is 5.16 Å². The maximum Gasteiger partial charge on any atom is 0.313 e. The Morgan fingerprint density at radius 1 is 1.29 bits per heavy atom. The molecule has 7 nitrogen and oxygen atoms in total. The van der Waals surface area contributed by atoms with Crippen molar-refractivity contribution >= 4 is 23.6 Å². The lowest BCUT2D eigenvalue weighted by Crippen LogP contribution is -2.31. The molecule has 21 heavy (non-hydrogen) atoms. The highest BCUT2D eigenvalue weighted by Gasteiger charge is 2.23. The van der Waals surface area contributed by atoms with Crippen LogP contribution in [0.25, 0.3) is 0 Å². The molecule has 1 fully saturated rings. The number of amides is 1. The van der Waals surface area contributed by atoms with E-state index in [4.69, 9.17) is 5.11 Å². The fraction of sp³-hybridized carbons (Fsp3) is 0.692. The molecule has 0 saturated carbocycles. The number of carboxylic acids is 1. The van der Waals surface area contributed by atoms with Crippen molar-refractivity contribution in [1.82, 2.24) is 19.7 Å². The molecule has 1 aliphatic rings. The van der Waals surface area contributed by atoms with E-state index >= 15 is 0 Å². The summed E-state index contributed by atoms with van der Waals surface area (Å²) in [5.74, 6) is -0.106. The molecule has 0 aromatic carbocycles. The molecular formula is C13H20N4O3S. The summed E-state index contributed by atoms with van der Waals surface area (Å²) >= 11 is 1.10. The van der Waals surface area contributed by atoms with Crippen LogP contribution in [0.2, 0.25) is 0 Å². The molecule has 1 aliphatic heterocycles. The van der Waals surface area contributed by atoms with E-state index in [2.05, 4.69) is 10.2 Å². The zero-order chi connectivity index (χ0) is 15.4. The molecule has 0 atom stereocenters. The Kier molecular flexibility index (Phi) is 5.22. The smallest absolute Gasteiger partial charge is 0.313 e. The first-order valence-corrected chi connectivity index (χ1v) is 8.03. The first-order chi connectivity index (χ1) is 9.99. The molecule has 0 bridgehead atoms. The standard InChI is InChI=1S/C13H20N4O3S/c1-9(2)12-14-15-13(21-8-11(19)20)17(12)7-10(18)16-5-3-4-6-16/h9H,3-8H2,1-2H3,(H,19,20). The number of aliphatic carboxylic acids is 1. The van der Waals surface area contributed by atoms with Gasteiger partial charge < -0.3 is 10.0 Å². The largest absolute Gasteiger partial charge is 0.481 e. The van der Waals surface area contributed by atoms with Gasteiger partial charge in [-0.05, 0) is 12.8 Å². The van der Waals surface area contributed by atoms with Crippen LogP contribution in [0.5, 0.6) is 0 Å². The highest BCUT2D eigenvalue weighted by atomic mass is 32.2. The number of hydrogen-bond acceptors (Lipinski definition) is 5. The minimum absolute atomic E-state index is 0.0476. The number of hydrogen-bond donors (Lipinski definition) is 1. The molecule has 2 rings (SSSR count). The van der Waals surface area contributed by atoms with Gasteiger partial charge in [0, 0.05) is 19.0 Å². The quantitative estimate of drug-likeness (QED) is 0.794. The Morgan fingerprint density at radius 3 is 2.52 bits per heavy atom. The third-order valence-corrected chi connectivity index (χ3v) is 4.29. The molecule has 0 spiro atoms. The van der Waals surface area contributed by atoms with Crippen molar-refractivity contribution < 1.29 is 14.7 Å². The zero-order valence-electron chi connectivity index (χ0n) is 12.3. The average Bonchev–Trinajstić information content (AvgIpc) is 3.05. The highest BCUT2D eigenvalue weighted by molar-refractivity contribution is 7.99. The van der Waals surface area contributed by atoms with Crippen LogP contribution >= 0.6 is 11.8 Å². The number of likely N-dealkylation sites (tertiary alicyclic amines) is 1. The fourth-order valence-corrected chi connectivity index (χ4v) is 2.98. The van der Waals surface area contributed by atoms with Crippen LogP contribution in [-0.2, 0) is 16.1 Å². The van der Waals surface area contributed by atoms with Gasteiger partial charge in [-0.15, -0.1) is 10.2 Å². The van der Waals surface area contributed by atoms with E-state index in [1.807, 2.05) is 18.7 Å². The molecule has 1 aromatic heterocycles. The van der Waals surface area contributed by atoms with Gasteiger partial charge in [0.1, 0.15) is 12.4 Å². The molecule has 0 aliphatic carbocycles. The molecule has 2 heterocycles. The minimum atomic E-state index is -0.911. The molecule has 8 heteroatoms. The van der Waals surface area contributed by atoms with Crippen molar-refractivity contribution in [3.63, 3.8) is 0 Å². The first-order valence-electron chi connectivity index (χ1n) is 7.04. The van der Waals surface area contributed by atoms with E-state index in [-0.39, 0.29) is 24.1 Å². The van der Waals surface area contributed by atoms with E-state index in [0.29, 0.717) is 5.16 Å². The molecule has 1 N–H and O–H groups in total. The maximum absolute atomic E-state index is 12.3. The van der Waals surface area contributed by atoms with E-state index in [9.17, 15) is 9.59 Å². The lowest BCUT2D eigenvalue weighted by Gasteiger charge is -2.17. The molecule has 116 valence electrons. The minimum Gasteiger partial charge on any atom is -0.481 e. The van der Waals surface area contributed by atoms with Gasteiger partial charge in [0.15, 0.2) is 5.16 Å². The van der Waals surface area contributed by atoms with Gasteiger partial charge in [0.25, 0.3) is 0 Å². The highest BCUT2D eigenvalue weighted by Crippen LogP contribution is 2.22. The summed E-state index contributed by atoms with van der Waals surface area (Å²) in [6.45, 7) is 5.74. The predicted molar refractivity (Wildman–Crippen MR) is 78.3 cm³/mol. The van der Waals surface area contributed by atoms with Crippen molar-refractivity contribution in [2.24, 2.45) is 0 Å². The number of rotatable bonds is 6. The molecule has 0 radical (unpaired) electrons. The summed E-state index contributed by atoms with van der Waals surface area (Å²) < 4.78 is 1.75. The van der Waals surface area contributed by atoms with E-state index in [0.717, 1.165) is 43.5 Å². The third kappa shape index (κ3) is 3.96. The first kappa shape index (κ1) is 15.8. The Hall–Kier alpha value is -1.57. The Balaban J connectivity index is 2.15. The molecular weight excluding hydrogens is 292 g/mol. The van der Waals surface area contributed by atoms with Crippen molar-refractivity contribution in [2.75, 3.05) is 18.8 Å².